The van der Waals surface area contributed by atoms with Crippen molar-refractivity contribution in [1.82, 2.24) is 4.98 Å². The van der Waals surface area contributed by atoms with Gasteiger partial charge in [0.05, 0.1) is 0 Å². The molecule has 1 aromatic heterocycles. The molecule has 0 spiro atoms. The van der Waals surface area contributed by atoms with Gasteiger partial charge in [-0.2, -0.15) is 4.39 Å². The maximum atomic E-state index is 13.5. The molecule has 3 heteroatoms. The second kappa shape index (κ2) is 5.96. The summed E-state index contributed by atoms with van der Waals surface area (Å²) in [5.74, 6) is -0.465. The van der Waals surface area contributed by atoms with E-state index in [0.717, 1.165) is 12.8 Å². The van der Waals surface area contributed by atoms with Crippen LogP contribution in [0.1, 0.15) is 23.6 Å². The van der Waals surface area contributed by atoms with E-state index in [4.69, 9.17) is 11.6 Å². The highest BCUT2D eigenvalue weighted by molar-refractivity contribution is 6.29. The Morgan fingerprint density at radius 1 is 1.00 bits per heavy atom. The lowest BCUT2D eigenvalue weighted by atomic mass is 10.0. The minimum atomic E-state index is -0.465. The molecule has 2 aromatic rings. The summed E-state index contributed by atoms with van der Waals surface area (Å²) in [5.41, 5.74) is 3.14. The summed E-state index contributed by atoms with van der Waals surface area (Å²) in [5, 5.41) is 0.198. The van der Waals surface area contributed by atoms with Gasteiger partial charge in [0.1, 0.15) is 5.15 Å². The molecule has 0 unspecified atom stereocenters. The Morgan fingerprint density at radius 2 is 1.67 bits per heavy atom. The lowest BCUT2D eigenvalue weighted by Crippen LogP contribution is -1.97. The summed E-state index contributed by atoms with van der Waals surface area (Å²) < 4.78 is 13.5. The fourth-order valence-corrected chi connectivity index (χ4v) is 1.99. The number of hydrogen-bond acceptors (Lipinski definition) is 1. The average Bonchev–Trinajstić information content (AvgIpc) is 2.38. The summed E-state index contributed by atoms with van der Waals surface area (Å²) in [6.07, 6.45) is 2.49. The zero-order valence-corrected chi connectivity index (χ0v) is 11.0. The summed E-state index contributed by atoms with van der Waals surface area (Å²) in [6, 6.07) is 11.8. The number of benzene rings is 1. The van der Waals surface area contributed by atoms with Crippen LogP contribution in [0.4, 0.5) is 4.39 Å². The van der Waals surface area contributed by atoms with Gasteiger partial charge in [0.25, 0.3) is 0 Å². The van der Waals surface area contributed by atoms with E-state index in [9.17, 15) is 4.39 Å². The van der Waals surface area contributed by atoms with Crippen molar-refractivity contribution in [3.8, 4) is 0 Å². The predicted molar refractivity (Wildman–Crippen MR) is 72.4 cm³/mol. The van der Waals surface area contributed by atoms with Crippen molar-refractivity contribution in [2.75, 3.05) is 0 Å². The quantitative estimate of drug-likeness (QED) is 0.753. The molecule has 0 amide bonds. The molecule has 0 radical (unpaired) electrons. The molecular formula is C15H15ClFN. The fourth-order valence-electron chi connectivity index (χ4n) is 1.85. The molecule has 1 aromatic carbocycles. The van der Waals surface area contributed by atoms with Crippen molar-refractivity contribution in [3.05, 3.63) is 64.2 Å². The first kappa shape index (κ1) is 13.0. The highest BCUT2D eigenvalue weighted by atomic mass is 35.5. The van der Waals surface area contributed by atoms with Crippen molar-refractivity contribution in [3.63, 3.8) is 0 Å². The van der Waals surface area contributed by atoms with E-state index in [2.05, 4.69) is 36.2 Å². The maximum Gasteiger partial charge on any atom is 0.217 e. The van der Waals surface area contributed by atoms with Gasteiger partial charge in [-0.3, -0.25) is 0 Å². The second-order valence-electron chi connectivity index (χ2n) is 4.25. The van der Waals surface area contributed by atoms with Gasteiger partial charge in [-0.05, 0) is 36.5 Å². The lowest BCUT2D eigenvalue weighted by molar-refractivity contribution is 0.566. The van der Waals surface area contributed by atoms with E-state index in [0.29, 0.717) is 12.0 Å². The Morgan fingerprint density at radius 3 is 2.28 bits per heavy atom. The van der Waals surface area contributed by atoms with Gasteiger partial charge < -0.3 is 0 Å². The Labute approximate surface area is 112 Å². The van der Waals surface area contributed by atoms with E-state index in [1.54, 1.807) is 12.1 Å². The van der Waals surface area contributed by atoms with Crippen LogP contribution in [0, 0.1) is 5.95 Å². The summed E-state index contributed by atoms with van der Waals surface area (Å²) in [4.78, 5) is 3.61. The van der Waals surface area contributed by atoms with Crippen LogP contribution >= 0.6 is 11.6 Å². The first-order valence-corrected chi connectivity index (χ1v) is 6.45. The molecule has 0 aliphatic rings. The molecule has 0 saturated heterocycles. The Bertz CT molecular complexity index is 523. The van der Waals surface area contributed by atoms with Crippen molar-refractivity contribution in [1.29, 1.82) is 0 Å². The highest BCUT2D eigenvalue weighted by Crippen LogP contribution is 2.14. The molecule has 1 heterocycles. The van der Waals surface area contributed by atoms with Crippen LogP contribution in [-0.4, -0.2) is 4.98 Å². The third-order valence-corrected chi connectivity index (χ3v) is 3.22. The van der Waals surface area contributed by atoms with Crippen molar-refractivity contribution < 1.29 is 4.39 Å². The molecule has 0 atom stereocenters. The van der Waals surface area contributed by atoms with Gasteiger partial charge in [-0.1, -0.05) is 48.9 Å². The molecule has 94 valence electrons. The van der Waals surface area contributed by atoms with E-state index in [-0.39, 0.29) is 5.15 Å². The van der Waals surface area contributed by atoms with Crippen molar-refractivity contribution in [2.24, 2.45) is 0 Å². The van der Waals surface area contributed by atoms with Crippen LogP contribution in [0.15, 0.2) is 36.4 Å². The van der Waals surface area contributed by atoms with Gasteiger partial charge >= 0.3 is 0 Å². The molecule has 0 bridgehead atoms. The molecule has 2 rings (SSSR count). The van der Waals surface area contributed by atoms with Gasteiger partial charge in [0.2, 0.25) is 5.95 Å². The predicted octanol–water partition coefficient (Wildman–Crippen LogP) is 4.22. The number of aromatic nitrogens is 1. The number of halogens is 2. The monoisotopic (exact) mass is 263 g/mol. The van der Waals surface area contributed by atoms with E-state index >= 15 is 0 Å². The minimum absolute atomic E-state index is 0.198. The first-order chi connectivity index (χ1) is 8.69. The van der Waals surface area contributed by atoms with Crippen LogP contribution in [0.2, 0.25) is 5.15 Å². The van der Waals surface area contributed by atoms with Crippen LogP contribution in [0.5, 0.6) is 0 Å². The van der Waals surface area contributed by atoms with E-state index in [1.807, 2.05) is 0 Å². The molecule has 0 saturated carbocycles. The largest absolute Gasteiger partial charge is 0.217 e. The highest BCUT2D eigenvalue weighted by Gasteiger charge is 2.04. The first-order valence-electron chi connectivity index (χ1n) is 6.07. The molecule has 0 aliphatic heterocycles. The number of pyridine rings is 1. The van der Waals surface area contributed by atoms with Crippen molar-refractivity contribution in [2.45, 2.75) is 26.2 Å². The lowest BCUT2D eigenvalue weighted by Gasteiger charge is -2.04. The number of rotatable bonds is 4. The third-order valence-electron chi connectivity index (χ3n) is 3.01. The van der Waals surface area contributed by atoms with Crippen LogP contribution < -0.4 is 0 Å². The Kier molecular flexibility index (Phi) is 4.32. The standard InChI is InChI=1S/C15H15ClFN/c1-2-11-3-5-12(6-4-11)7-8-13-9-10-14(16)18-15(13)17/h3-6,9-10H,2,7-8H2,1H3. The molecular weight excluding hydrogens is 249 g/mol. The summed E-state index contributed by atoms with van der Waals surface area (Å²) in [7, 11) is 0. The minimum Gasteiger partial charge on any atom is -0.208 e. The number of nitrogens with zero attached hydrogens (tertiary/aromatic N) is 1. The summed E-state index contributed by atoms with van der Waals surface area (Å²) in [6.45, 7) is 2.13. The maximum absolute atomic E-state index is 13.5. The Hall–Kier alpha value is -1.41. The zero-order chi connectivity index (χ0) is 13.0. The van der Waals surface area contributed by atoms with E-state index < -0.39 is 5.95 Å². The molecule has 0 N–H and O–H groups in total. The third kappa shape index (κ3) is 3.30. The average molecular weight is 264 g/mol. The van der Waals surface area contributed by atoms with Crippen LogP contribution in [0.3, 0.4) is 0 Å². The molecule has 0 aliphatic carbocycles. The van der Waals surface area contributed by atoms with Gasteiger partial charge in [-0.15, -0.1) is 0 Å². The van der Waals surface area contributed by atoms with Crippen LogP contribution in [0.25, 0.3) is 0 Å². The van der Waals surface area contributed by atoms with Gasteiger partial charge in [0, 0.05) is 5.56 Å². The fraction of sp³-hybridized carbons (Fsp3) is 0.267. The SMILES string of the molecule is CCc1ccc(CCc2ccc(Cl)nc2F)cc1. The van der Waals surface area contributed by atoms with Gasteiger partial charge in [0.15, 0.2) is 0 Å². The normalized spacial score (nSPS) is 10.6. The van der Waals surface area contributed by atoms with Crippen molar-refractivity contribution >= 4 is 11.6 Å². The molecule has 18 heavy (non-hydrogen) atoms. The summed E-state index contributed by atoms with van der Waals surface area (Å²) >= 11 is 5.62. The van der Waals surface area contributed by atoms with Crippen LogP contribution in [-0.2, 0) is 19.3 Å². The second-order valence-corrected chi connectivity index (χ2v) is 4.64. The molecule has 0 fully saturated rings. The topological polar surface area (TPSA) is 12.9 Å². The zero-order valence-electron chi connectivity index (χ0n) is 10.3. The van der Waals surface area contributed by atoms with E-state index in [1.165, 1.54) is 11.1 Å². The van der Waals surface area contributed by atoms with Gasteiger partial charge in [-0.25, -0.2) is 4.98 Å². The Balaban J connectivity index is 2.02. The molecule has 1 nitrogen and oxygen atoms in total. The smallest absolute Gasteiger partial charge is 0.208 e. The number of hydrogen-bond donors (Lipinski definition) is 0. The number of aryl methyl sites for hydroxylation is 3.